The van der Waals surface area contributed by atoms with E-state index in [2.05, 4.69) is 12.2 Å². The minimum Gasteiger partial charge on any atom is -0.497 e. The molecule has 0 aromatic heterocycles. The molecule has 2 aromatic carbocycles. The molecule has 1 aliphatic rings. The minimum absolute atomic E-state index is 0.0722. The van der Waals surface area contributed by atoms with Gasteiger partial charge in [-0.2, -0.15) is 0 Å². The molecule has 1 saturated heterocycles. The van der Waals surface area contributed by atoms with Crippen molar-refractivity contribution < 1.29 is 14.3 Å². The van der Waals surface area contributed by atoms with E-state index in [-0.39, 0.29) is 11.8 Å². The van der Waals surface area contributed by atoms with E-state index < -0.39 is 0 Å². The van der Waals surface area contributed by atoms with Crippen LogP contribution in [0.25, 0.3) is 0 Å². The summed E-state index contributed by atoms with van der Waals surface area (Å²) < 4.78 is 5.15. The molecule has 0 spiro atoms. The molecule has 1 unspecified atom stereocenters. The highest BCUT2D eigenvalue weighted by Gasteiger charge is 2.26. The van der Waals surface area contributed by atoms with Crippen molar-refractivity contribution in [2.75, 3.05) is 20.2 Å². The molecule has 0 aliphatic carbocycles. The standard InChI is InChI=1S/C24H30N2O3/c1-3-21-6-4-5-17-26(21)24(28)20-11-9-19(10-12-20)23(27)25-16-15-18-7-13-22(29-2)14-8-18/h7-14,21H,3-6,15-17H2,1-2H3,(H,25,27). The van der Waals surface area contributed by atoms with E-state index in [9.17, 15) is 9.59 Å². The van der Waals surface area contributed by atoms with Crippen molar-refractivity contribution >= 4 is 11.8 Å². The van der Waals surface area contributed by atoms with E-state index in [1.165, 1.54) is 6.42 Å². The van der Waals surface area contributed by atoms with Gasteiger partial charge in [0, 0.05) is 30.3 Å². The Morgan fingerprint density at radius 3 is 2.38 bits per heavy atom. The molecule has 0 saturated carbocycles. The lowest BCUT2D eigenvalue weighted by Crippen LogP contribution is -2.43. The lowest BCUT2D eigenvalue weighted by Gasteiger charge is -2.35. The zero-order valence-electron chi connectivity index (χ0n) is 17.3. The van der Waals surface area contributed by atoms with Crippen LogP contribution in [0.5, 0.6) is 5.75 Å². The van der Waals surface area contributed by atoms with E-state index in [1.54, 1.807) is 31.4 Å². The number of carbonyl (C=O) groups is 2. The summed E-state index contributed by atoms with van der Waals surface area (Å²) in [5.41, 5.74) is 2.36. The average molecular weight is 395 g/mol. The molecule has 1 fully saturated rings. The molecule has 154 valence electrons. The van der Waals surface area contributed by atoms with E-state index in [4.69, 9.17) is 4.74 Å². The number of carbonyl (C=O) groups excluding carboxylic acids is 2. The smallest absolute Gasteiger partial charge is 0.254 e. The normalized spacial score (nSPS) is 16.3. The maximum atomic E-state index is 12.8. The number of nitrogens with zero attached hydrogens (tertiary/aromatic N) is 1. The monoisotopic (exact) mass is 394 g/mol. The highest BCUT2D eigenvalue weighted by Crippen LogP contribution is 2.22. The molecular formula is C24H30N2O3. The number of rotatable bonds is 7. The fourth-order valence-electron chi connectivity index (χ4n) is 3.84. The van der Waals surface area contributed by atoms with Crippen LogP contribution in [-0.2, 0) is 6.42 Å². The Kier molecular flexibility index (Phi) is 7.28. The largest absolute Gasteiger partial charge is 0.497 e. The van der Waals surface area contributed by atoms with Crippen molar-refractivity contribution in [1.29, 1.82) is 0 Å². The highest BCUT2D eigenvalue weighted by atomic mass is 16.5. The lowest BCUT2D eigenvalue weighted by atomic mass is 9.98. The molecule has 3 rings (SSSR count). The topological polar surface area (TPSA) is 58.6 Å². The Bertz CT molecular complexity index is 815. The molecule has 2 aromatic rings. The van der Waals surface area contributed by atoms with Gasteiger partial charge in [0.05, 0.1) is 7.11 Å². The summed E-state index contributed by atoms with van der Waals surface area (Å²) in [4.78, 5) is 27.2. The molecule has 1 heterocycles. The summed E-state index contributed by atoms with van der Waals surface area (Å²) in [6.07, 6.45) is 5.08. The number of nitrogens with one attached hydrogen (secondary N) is 1. The predicted molar refractivity (Wildman–Crippen MR) is 114 cm³/mol. The molecule has 1 N–H and O–H groups in total. The van der Waals surface area contributed by atoms with Gasteiger partial charge >= 0.3 is 0 Å². The highest BCUT2D eigenvalue weighted by molar-refractivity contribution is 5.98. The van der Waals surface area contributed by atoms with Crippen LogP contribution in [0.15, 0.2) is 48.5 Å². The maximum Gasteiger partial charge on any atom is 0.254 e. The van der Waals surface area contributed by atoms with Gasteiger partial charge in [-0.15, -0.1) is 0 Å². The van der Waals surface area contributed by atoms with Crippen LogP contribution < -0.4 is 10.1 Å². The first kappa shape index (κ1) is 20.9. The van der Waals surface area contributed by atoms with Crippen molar-refractivity contribution in [1.82, 2.24) is 10.2 Å². The van der Waals surface area contributed by atoms with Crippen LogP contribution in [0, 0.1) is 0 Å². The van der Waals surface area contributed by atoms with Crippen LogP contribution in [-0.4, -0.2) is 43.0 Å². The van der Waals surface area contributed by atoms with Crippen molar-refractivity contribution in [2.45, 2.75) is 45.1 Å². The maximum absolute atomic E-state index is 12.8. The van der Waals surface area contributed by atoms with Crippen molar-refractivity contribution in [3.63, 3.8) is 0 Å². The Labute approximate surface area is 173 Å². The first-order valence-corrected chi connectivity index (χ1v) is 10.4. The van der Waals surface area contributed by atoms with Crippen LogP contribution in [0.4, 0.5) is 0 Å². The summed E-state index contributed by atoms with van der Waals surface area (Å²) in [7, 11) is 1.64. The van der Waals surface area contributed by atoms with Crippen LogP contribution in [0.1, 0.15) is 58.9 Å². The van der Waals surface area contributed by atoms with Gasteiger partial charge in [-0.05, 0) is 74.1 Å². The van der Waals surface area contributed by atoms with Gasteiger partial charge in [0.25, 0.3) is 11.8 Å². The molecule has 0 radical (unpaired) electrons. The Morgan fingerprint density at radius 1 is 1.03 bits per heavy atom. The molecule has 0 bridgehead atoms. The Morgan fingerprint density at radius 2 is 1.72 bits per heavy atom. The first-order valence-electron chi connectivity index (χ1n) is 10.4. The van der Waals surface area contributed by atoms with E-state index in [0.717, 1.165) is 43.5 Å². The van der Waals surface area contributed by atoms with Gasteiger partial charge in [0.1, 0.15) is 5.75 Å². The van der Waals surface area contributed by atoms with Crippen LogP contribution >= 0.6 is 0 Å². The SMILES string of the molecule is CCC1CCCCN1C(=O)c1ccc(C(=O)NCCc2ccc(OC)cc2)cc1. The third-order valence-corrected chi connectivity index (χ3v) is 5.61. The zero-order chi connectivity index (χ0) is 20.6. The van der Waals surface area contributed by atoms with Crippen molar-refractivity contribution in [2.24, 2.45) is 0 Å². The predicted octanol–water partition coefficient (Wildman–Crippen LogP) is 4.07. The molecule has 5 nitrogen and oxygen atoms in total. The third kappa shape index (κ3) is 5.37. The summed E-state index contributed by atoms with van der Waals surface area (Å²) in [6, 6.07) is 15.2. The number of hydrogen-bond donors (Lipinski definition) is 1. The van der Waals surface area contributed by atoms with Crippen molar-refractivity contribution in [3.8, 4) is 5.75 Å². The molecular weight excluding hydrogens is 364 g/mol. The molecule has 2 amide bonds. The Hall–Kier alpha value is -2.82. The van der Waals surface area contributed by atoms with Gasteiger partial charge in [0.15, 0.2) is 0 Å². The van der Waals surface area contributed by atoms with E-state index >= 15 is 0 Å². The number of hydrogen-bond acceptors (Lipinski definition) is 3. The second-order valence-corrected chi connectivity index (χ2v) is 7.49. The molecule has 5 heteroatoms. The van der Waals surface area contributed by atoms with Crippen LogP contribution in [0.2, 0.25) is 0 Å². The van der Waals surface area contributed by atoms with Gasteiger partial charge in [0.2, 0.25) is 0 Å². The van der Waals surface area contributed by atoms with Gasteiger partial charge < -0.3 is 15.0 Å². The third-order valence-electron chi connectivity index (χ3n) is 5.61. The average Bonchev–Trinajstić information content (AvgIpc) is 2.79. The second kappa shape index (κ2) is 10.1. The number of benzene rings is 2. The van der Waals surface area contributed by atoms with Crippen LogP contribution in [0.3, 0.4) is 0 Å². The number of amides is 2. The molecule has 29 heavy (non-hydrogen) atoms. The number of ether oxygens (including phenoxy) is 1. The zero-order valence-corrected chi connectivity index (χ0v) is 17.3. The summed E-state index contributed by atoms with van der Waals surface area (Å²) in [5, 5.41) is 2.94. The summed E-state index contributed by atoms with van der Waals surface area (Å²) in [5.74, 6) is 0.771. The minimum atomic E-state index is -0.123. The lowest BCUT2D eigenvalue weighted by molar-refractivity contribution is 0.0607. The molecule has 1 atom stereocenters. The van der Waals surface area contributed by atoms with E-state index in [1.807, 2.05) is 29.2 Å². The fourth-order valence-corrected chi connectivity index (χ4v) is 3.84. The van der Waals surface area contributed by atoms with Gasteiger partial charge in [-0.1, -0.05) is 19.1 Å². The number of piperidine rings is 1. The molecule has 1 aliphatic heterocycles. The summed E-state index contributed by atoms with van der Waals surface area (Å²) >= 11 is 0. The first-order chi connectivity index (χ1) is 14.1. The van der Waals surface area contributed by atoms with Gasteiger partial charge in [-0.25, -0.2) is 0 Å². The number of methoxy groups -OCH3 is 1. The number of likely N-dealkylation sites (tertiary alicyclic amines) is 1. The van der Waals surface area contributed by atoms with Gasteiger partial charge in [-0.3, -0.25) is 9.59 Å². The van der Waals surface area contributed by atoms with Crippen molar-refractivity contribution in [3.05, 3.63) is 65.2 Å². The second-order valence-electron chi connectivity index (χ2n) is 7.49. The quantitative estimate of drug-likeness (QED) is 0.770. The van der Waals surface area contributed by atoms with E-state index in [0.29, 0.717) is 23.7 Å². The fraction of sp³-hybridized carbons (Fsp3) is 0.417. The summed E-state index contributed by atoms with van der Waals surface area (Å²) in [6.45, 7) is 3.51. The Balaban J connectivity index is 1.53.